The number of nitro benzene ring substituents is 1. The molecule has 2 aromatic carbocycles. The first kappa shape index (κ1) is 22.9. The lowest BCUT2D eigenvalue weighted by Crippen LogP contribution is -2.48. The molecule has 0 spiro atoms. The minimum Gasteiger partial charge on any atom is -0.490 e. The number of anilines is 2. The van der Waals surface area contributed by atoms with Crippen molar-refractivity contribution in [1.29, 1.82) is 0 Å². The Morgan fingerprint density at radius 2 is 1.81 bits per heavy atom. The third kappa shape index (κ3) is 5.30. The maximum absolute atomic E-state index is 12.6. The highest BCUT2D eigenvalue weighted by molar-refractivity contribution is 7.80. The number of hydrogen-bond donors (Lipinski definition) is 2. The minimum absolute atomic E-state index is 0.0544. The Balaban J connectivity index is 1.68. The molecule has 0 aromatic heterocycles. The number of carbonyl (C=O) groups excluding carboxylic acids is 2. The molecule has 2 N–H and O–H groups in total. The Kier molecular flexibility index (Phi) is 7.21. The van der Waals surface area contributed by atoms with Crippen molar-refractivity contribution in [2.75, 3.05) is 43.5 Å². The van der Waals surface area contributed by atoms with Crippen LogP contribution < -0.4 is 20.3 Å². The topological polar surface area (TPSA) is 117 Å². The number of nitro groups is 1. The van der Waals surface area contributed by atoms with Crippen molar-refractivity contribution < 1.29 is 19.2 Å². The van der Waals surface area contributed by atoms with E-state index in [-0.39, 0.29) is 28.0 Å². The van der Waals surface area contributed by atoms with Gasteiger partial charge in [-0.05, 0) is 36.5 Å². The van der Waals surface area contributed by atoms with Crippen LogP contribution >= 0.6 is 12.2 Å². The number of nitrogens with zero attached hydrogens (tertiary/aromatic N) is 3. The second-order valence-electron chi connectivity index (χ2n) is 7.06. The normalized spacial score (nSPS) is 13.3. The van der Waals surface area contributed by atoms with E-state index in [1.54, 1.807) is 11.8 Å². The molecule has 10 nitrogen and oxygen atoms in total. The second kappa shape index (κ2) is 10.1. The molecule has 0 bridgehead atoms. The Morgan fingerprint density at radius 1 is 1.12 bits per heavy atom. The van der Waals surface area contributed by atoms with Crippen LogP contribution in [0.2, 0.25) is 0 Å². The number of amides is 2. The lowest BCUT2D eigenvalue weighted by atomic mass is 10.1. The summed E-state index contributed by atoms with van der Waals surface area (Å²) in [6.07, 6.45) is 0. The van der Waals surface area contributed by atoms with E-state index in [1.165, 1.54) is 19.2 Å². The molecule has 0 atom stereocenters. The molecule has 1 heterocycles. The van der Waals surface area contributed by atoms with Crippen molar-refractivity contribution in [1.82, 2.24) is 10.2 Å². The maximum atomic E-state index is 12.6. The summed E-state index contributed by atoms with van der Waals surface area (Å²) in [5.41, 5.74) is 1.37. The van der Waals surface area contributed by atoms with Crippen molar-refractivity contribution in [3.63, 3.8) is 0 Å². The number of carbonyl (C=O) groups is 2. The van der Waals surface area contributed by atoms with E-state index < -0.39 is 10.8 Å². The SMILES string of the molecule is COc1ccc(C(=O)NC(=S)Nc2ccccc2N2CCN(C(C)=O)CC2)cc1[N+](=O)[O-]. The third-order valence-electron chi connectivity index (χ3n) is 5.08. The van der Waals surface area contributed by atoms with Gasteiger partial charge in [0.15, 0.2) is 10.9 Å². The Labute approximate surface area is 190 Å². The molecule has 0 aliphatic carbocycles. The second-order valence-corrected chi connectivity index (χ2v) is 7.47. The predicted octanol–water partition coefficient (Wildman–Crippen LogP) is 2.40. The lowest BCUT2D eigenvalue weighted by molar-refractivity contribution is -0.385. The van der Waals surface area contributed by atoms with Crippen LogP contribution in [0.3, 0.4) is 0 Å². The summed E-state index contributed by atoms with van der Waals surface area (Å²) in [5, 5.41) is 16.8. The number of nitrogens with one attached hydrogen (secondary N) is 2. The molecule has 0 saturated carbocycles. The predicted molar refractivity (Wildman–Crippen MR) is 124 cm³/mol. The molecular formula is C21H23N5O5S. The highest BCUT2D eigenvalue weighted by Crippen LogP contribution is 2.28. The van der Waals surface area contributed by atoms with E-state index in [1.807, 2.05) is 24.3 Å². The van der Waals surface area contributed by atoms with Gasteiger partial charge in [-0.25, -0.2) is 0 Å². The summed E-state index contributed by atoms with van der Waals surface area (Å²) in [4.78, 5) is 38.6. The molecule has 2 aromatic rings. The van der Waals surface area contributed by atoms with Crippen LogP contribution in [-0.2, 0) is 4.79 Å². The van der Waals surface area contributed by atoms with Gasteiger partial charge in [-0.3, -0.25) is 25.0 Å². The van der Waals surface area contributed by atoms with Crippen LogP contribution in [0.1, 0.15) is 17.3 Å². The van der Waals surface area contributed by atoms with Gasteiger partial charge >= 0.3 is 5.69 Å². The smallest absolute Gasteiger partial charge is 0.311 e. The van der Waals surface area contributed by atoms with Gasteiger partial charge in [-0.1, -0.05) is 12.1 Å². The molecule has 1 aliphatic rings. The Hall–Kier alpha value is -3.73. The summed E-state index contributed by atoms with van der Waals surface area (Å²) in [5.74, 6) is -0.467. The van der Waals surface area contributed by atoms with Crippen molar-refractivity contribution in [2.45, 2.75) is 6.92 Å². The Bertz CT molecular complexity index is 1050. The largest absolute Gasteiger partial charge is 0.490 e. The van der Waals surface area contributed by atoms with E-state index in [4.69, 9.17) is 17.0 Å². The zero-order valence-corrected chi connectivity index (χ0v) is 18.5. The number of rotatable bonds is 5. The highest BCUT2D eigenvalue weighted by Gasteiger charge is 2.22. The molecule has 2 amide bonds. The summed E-state index contributed by atoms with van der Waals surface area (Å²) in [6.45, 7) is 4.16. The number of hydrogen-bond acceptors (Lipinski definition) is 7. The first-order valence-corrected chi connectivity index (χ1v) is 10.2. The van der Waals surface area contributed by atoms with E-state index in [0.29, 0.717) is 31.9 Å². The molecule has 0 radical (unpaired) electrons. The van der Waals surface area contributed by atoms with Crippen molar-refractivity contribution >= 4 is 46.2 Å². The van der Waals surface area contributed by atoms with Crippen molar-refractivity contribution in [3.8, 4) is 5.75 Å². The lowest BCUT2D eigenvalue weighted by Gasteiger charge is -2.36. The highest BCUT2D eigenvalue weighted by atomic mass is 32.1. The molecule has 1 fully saturated rings. The fourth-order valence-corrected chi connectivity index (χ4v) is 3.62. The molecule has 1 aliphatic heterocycles. The van der Waals surface area contributed by atoms with E-state index in [2.05, 4.69) is 15.5 Å². The number of ether oxygens (including phenoxy) is 1. The van der Waals surface area contributed by atoms with Crippen molar-refractivity contribution in [3.05, 3.63) is 58.1 Å². The standard InChI is InChI=1S/C21H23N5O5S/c1-14(27)24-9-11-25(12-10-24)17-6-4-3-5-16(17)22-21(32)23-20(28)15-7-8-19(31-2)18(13-15)26(29)30/h3-8,13H,9-12H2,1-2H3,(H2,22,23,28,32). The molecular weight excluding hydrogens is 434 g/mol. The van der Waals surface area contributed by atoms with Crippen LogP contribution in [0.25, 0.3) is 0 Å². The molecule has 1 saturated heterocycles. The molecule has 0 unspecified atom stereocenters. The molecule has 11 heteroatoms. The summed E-state index contributed by atoms with van der Waals surface area (Å²) >= 11 is 5.29. The Morgan fingerprint density at radius 3 is 2.44 bits per heavy atom. The maximum Gasteiger partial charge on any atom is 0.311 e. The van der Waals surface area contributed by atoms with Gasteiger partial charge in [0, 0.05) is 44.7 Å². The molecule has 32 heavy (non-hydrogen) atoms. The number of piperazine rings is 1. The van der Waals surface area contributed by atoms with Gasteiger partial charge in [0.25, 0.3) is 5.91 Å². The van der Waals surface area contributed by atoms with Gasteiger partial charge in [0.2, 0.25) is 5.91 Å². The first-order chi connectivity index (χ1) is 15.3. The monoisotopic (exact) mass is 457 g/mol. The van der Waals surface area contributed by atoms with E-state index in [0.717, 1.165) is 11.8 Å². The molecule has 3 rings (SSSR count). The minimum atomic E-state index is -0.617. The first-order valence-electron chi connectivity index (χ1n) is 9.84. The average molecular weight is 458 g/mol. The van der Waals surface area contributed by atoms with E-state index in [9.17, 15) is 19.7 Å². The average Bonchev–Trinajstić information content (AvgIpc) is 2.78. The fourth-order valence-electron chi connectivity index (χ4n) is 3.42. The third-order valence-corrected chi connectivity index (χ3v) is 5.29. The van der Waals surface area contributed by atoms with Gasteiger partial charge < -0.3 is 19.9 Å². The van der Waals surface area contributed by atoms with Crippen LogP contribution in [0, 0.1) is 10.1 Å². The van der Waals surface area contributed by atoms with Gasteiger partial charge in [0.1, 0.15) is 0 Å². The van der Waals surface area contributed by atoms with Gasteiger partial charge in [-0.15, -0.1) is 0 Å². The van der Waals surface area contributed by atoms with Crippen LogP contribution in [-0.4, -0.2) is 60.0 Å². The number of thiocarbonyl (C=S) groups is 1. The van der Waals surface area contributed by atoms with Gasteiger partial charge in [0.05, 0.1) is 23.4 Å². The summed E-state index contributed by atoms with van der Waals surface area (Å²) in [6, 6.07) is 11.4. The quantitative estimate of drug-likeness (QED) is 0.399. The van der Waals surface area contributed by atoms with Crippen LogP contribution in [0.4, 0.5) is 17.1 Å². The van der Waals surface area contributed by atoms with Crippen LogP contribution in [0.5, 0.6) is 5.75 Å². The summed E-state index contributed by atoms with van der Waals surface area (Å²) < 4.78 is 4.95. The number of para-hydroxylation sites is 2. The number of benzene rings is 2. The summed E-state index contributed by atoms with van der Waals surface area (Å²) in [7, 11) is 1.32. The van der Waals surface area contributed by atoms with Gasteiger partial charge in [-0.2, -0.15) is 0 Å². The molecule has 168 valence electrons. The van der Waals surface area contributed by atoms with E-state index >= 15 is 0 Å². The van der Waals surface area contributed by atoms with Crippen molar-refractivity contribution in [2.24, 2.45) is 0 Å². The van der Waals surface area contributed by atoms with Crippen LogP contribution in [0.15, 0.2) is 42.5 Å². The number of methoxy groups -OCH3 is 1. The fraction of sp³-hybridized carbons (Fsp3) is 0.286. The zero-order chi connectivity index (χ0) is 23.3. The zero-order valence-electron chi connectivity index (χ0n) is 17.7.